The lowest BCUT2D eigenvalue weighted by Gasteiger charge is -2.19. The number of aromatic nitrogens is 1. The Morgan fingerprint density at radius 1 is 1.30 bits per heavy atom. The highest BCUT2D eigenvalue weighted by molar-refractivity contribution is 6.62. The molecule has 1 atom stereocenters. The highest BCUT2D eigenvalue weighted by Crippen LogP contribution is 2.33. The molecule has 158 valence electrons. The van der Waals surface area contributed by atoms with Gasteiger partial charge in [0, 0.05) is 6.07 Å². The number of ether oxygens (including phenoxy) is 2. The number of amides is 1. The molecule has 0 saturated carbocycles. The number of nitrogens with zero attached hydrogens (tertiary/aromatic N) is 1. The molecule has 0 radical (unpaired) electrons. The smallest absolute Gasteiger partial charge is 0.481 e. The Balaban J connectivity index is 1.71. The van der Waals surface area contributed by atoms with Crippen LogP contribution >= 0.6 is 0 Å². The van der Waals surface area contributed by atoms with E-state index in [9.17, 15) is 14.6 Å². The third-order valence-corrected chi connectivity index (χ3v) is 4.24. The van der Waals surface area contributed by atoms with Gasteiger partial charge in [0.05, 0.1) is 24.4 Å². The second kappa shape index (κ2) is 8.33. The molecule has 1 aromatic heterocycles. The van der Waals surface area contributed by atoms with Gasteiger partial charge in [-0.3, -0.25) is 10.1 Å². The van der Waals surface area contributed by atoms with E-state index in [-0.39, 0.29) is 12.3 Å². The number of nitrogens with one attached hydrogen (secondary N) is 1. The number of pyridine rings is 1. The van der Waals surface area contributed by atoms with Crippen LogP contribution in [-0.4, -0.2) is 39.9 Å². The number of hydrogen-bond donors (Lipinski definition) is 3. The van der Waals surface area contributed by atoms with Gasteiger partial charge in [0.2, 0.25) is 5.88 Å². The van der Waals surface area contributed by atoms with E-state index in [2.05, 4.69) is 10.3 Å². The molecule has 0 bridgehead atoms. The number of carbonyl (C=O) groups excluding carboxylic acids is 1. The van der Waals surface area contributed by atoms with Gasteiger partial charge in [0.1, 0.15) is 11.4 Å². The molecule has 1 aromatic carbocycles. The molecule has 0 fully saturated rings. The third-order valence-electron chi connectivity index (χ3n) is 4.24. The number of carboxylic acids is 1. The second-order valence-corrected chi connectivity index (χ2v) is 7.93. The number of carboxylic acid groups (broad SMARTS) is 1. The summed E-state index contributed by atoms with van der Waals surface area (Å²) in [7, 11) is -1.22. The third kappa shape index (κ3) is 5.28. The first kappa shape index (κ1) is 21.6. The summed E-state index contributed by atoms with van der Waals surface area (Å²) in [6.07, 6.45) is -0.103. The first-order valence-electron chi connectivity index (χ1n) is 9.35. The van der Waals surface area contributed by atoms with Gasteiger partial charge in [-0.25, -0.2) is 9.78 Å². The molecule has 1 amide bonds. The standard InChI is InChI=1S/C20H23BN2O7/c1-11-7-13(8-14-18(11)15(9-17(24)25)30-21(14)27)28-16-6-5-12(10-22-16)23-19(26)29-20(2,3)4/h5-8,10,15,27H,9H2,1-4H3,(H,23,26)(H,24,25). The number of benzene rings is 1. The van der Waals surface area contributed by atoms with Gasteiger partial charge in [-0.15, -0.1) is 0 Å². The fraction of sp³-hybridized carbons (Fsp3) is 0.350. The van der Waals surface area contributed by atoms with Gasteiger partial charge in [0.25, 0.3) is 0 Å². The van der Waals surface area contributed by atoms with Crippen LogP contribution in [0.2, 0.25) is 0 Å². The number of anilines is 1. The van der Waals surface area contributed by atoms with E-state index in [1.165, 1.54) is 6.20 Å². The maximum Gasteiger partial charge on any atom is 0.492 e. The molecular weight excluding hydrogens is 391 g/mol. The van der Waals surface area contributed by atoms with Gasteiger partial charge in [-0.2, -0.15) is 0 Å². The Morgan fingerprint density at radius 2 is 2.03 bits per heavy atom. The van der Waals surface area contributed by atoms with Crippen molar-refractivity contribution >= 4 is 30.3 Å². The van der Waals surface area contributed by atoms with Crippen LogP contribution < -0.4 is 15.5 Å². The van der Waals surface area contributed by atoms with Crippen molar-refractivity contribution in [1.82, 2.24) is 4.98 Å². The minimum absolute atomic E-state index is 0.237. The van der Waals surface area contributed by atoms with Crippen LogP contribution in [0.4, 0.5) is 10.5 Å². The summed E-state index contributed by atoms with van der Waals surface area (Å²) in [4.78, 5) is 27.0. The Morgan fingerprint density at radius 3 is 2.63 bits per heavy atom. The van der Waals surface area contributed by atoms with Crippen LogP contribution in [0, 0.1) is 6.92 Å². The zero-order chi connectivity index (χ0) is 22.1. The minimum Gasteiger partial charge on any atom is -0.481 e. The molecule has 30 heavy (non-hydrogen) atoms. The zero-order valence-corrected chi connectivity index (χ0v) is 17.1. The average molecular weight is 414 g/mol. The van der Waals surface area contributed by atoms with E-state index in [4.69, 9.17) is 19.2 Å². The molecule has 1 aliphatic rings. The maximum absolute atomic E-state index is 11.8. The lowest BCUT2D eigenvalue weighted by Crippen LogP contribution is -2.28. The maximum atomic E-state index is 11.8. The normalized spacial score (nSPS) is 15.5. The van der Waals surface area contributed by atoms with E-state index in [0.29, 0.717) is 22.5 Å². The number of rotatable bonds is 5. The largest absolute Gasteiger partial charge is 0.492 e. The summed E-state index contributed by atoms with van der Waals surface area (Å²) < 4.78 is 16.3. The molecule has 3 N–H and O–H groups in total. The molecule has 10 heteroatoms. The van der Waals surface area contributed by atoms with E-state index >= 15 is 0 Å². The number of hydrogen-bond acceptors (Lipinski definition) is 7. The first-order chi connectivity index (χ1) is 14.0. The molecule has 9 nitrogen and oxygen atoms in total. The molecule has 0 saturated heterocycles. The highest BCUT2D eigenvalue weighted by atomic mass is 16.6. The first-order valence-corrected chi connectivity index (χ1v) is 9.35. The van der Waals surface area contributed by atoms with Crippen LogP contribution in [-0.2, 0) is 14.2 Å². The van der Waals surface area contributed by atoms with Crippen molar-refractivity contribution in [2.45, 2.75) is 45.8 Å². The summed E-state index contributed by atoms with van der Waals surface area (Å²) in [6.45, 7) is 7.11. The molecule has 2 heterocycles. The number of fused-ring (bicyclic) bond motifs is 1. The molecular formula is C20H23BN2O7. The topological polar surface area (TPSA) is 127 Å². The molecule has 0 spiro atoms. The van der Waals surface area contributed by atoms with Crippen LogP contribution in [0.5, 0.6) is 11.6 Å². The van der Waals surface area contributed by atoms with Crippen LogP contribution in [0.3, 0.4) is 0 Å². The quantitative estimate of drug-likeness (QED) is 0.638. The fourth-order valence-corrected chi connectivity index (χ4v) is 3.16. The zero-order valence-electron chi connectivity index (χ0n) is 17.1. The molecule has 0 aliphatic carbocycles. The van der Waals surface area contributed by atoms with Crippen molar-refractivity contribution in [1.29, 1.82) is 0 Å². The lowest BCUT2D eigenvalue weighted by atomic mass is 9.77. The van der Waals surface area contributed by atoms with E-state index in [1.807, 2.05) is 0 Å². The Kier molecular flexibility index (Phi) is 6.00. The van der Waals surface area contributed by atoms with Crippen molar-refractivity contribution in [3.8, 4) is 11.6 Å². The second-order valence-electron chi connectivity index (χ2n) is 7.93. The number of aryl methyl sites for hydroxylation is 1. The van der Waals surface area contributed by atoms with E-state index in [0.717, 1.165) is 5.56 Å². The average Bonchev–Trinajstić information content (AvgIpc) is 2.90. The SMILES string of the molecule is Cc1cc(Oc2ccc(NC(=O)OC(C)(C)C)cn2)cc2c1C(CC(=O)O)OB2O. The summed E-state index contributed by atoms with van der Waals surface area (Å²) >= 11 is 0. The summed E-state index contributed by atoms with van der Waals surface area (Å²) in [6, 6.07) is 6.52. The van der Waals surface area contributed by atoms with Gasteiger partial charge >= 0.3 is 19.2 Å². The summed E-state index contributed by atoms with van der Waals surface area (Å²) in [5.74, 6) is -0.311. The molecule has 1 unspecified atom stereocenters. The molecule has 1 aliphatic heterocycles. The van der Waals surface area contributed by atoms with Crippen LogP contribution in [0.25, 0.3) is 0 Å². The predicted octanol–water partition coefficient (Wildman–Crippen LogP) is 2.76. The highest BCUT2D eigenvalue weighted by Gasteiger charge is 2.37. The van der Waals surface area contributed by atoms with Gasteiger partial charge in [0.15, 0.2) is 0 Å². The van der Waals surface area contributed by atoms with Crippen LogP contribution in [0.15, 0.2) is 30.5 Å². The van der Waals surface area contributed by atoms with Crippen molar-refractivity contribution in [2.75, 3.05) is 5.32 Å². The molecule has 2 aromatic rings. The number of carbonyl (C=O) groups is 2. The van der Waals surface area contributed by atoms with Crippen LogP contribution in [0.1, 0.15) is 44.4 Å². The van der Waals surface area contributed by atoms with Gasteiger partial charge in [-0.05, 0) is 62.5 Å². The van der Waals surface area contributed by atoms with Gasteiger partial charge in [-0.1, -0.05) is 0 Å². The Bertz CT molecular complexity index is 957. The van der Waals surface area contributed by atoms with E-state index in [1.54, 1.807) is 52.0 Å². The van der Waals surface area contributed by atoms with Crippen molar-refractivity contribution < 1.29 is 33.8 Å². The van der Waals surface area contributed by atoms with E-state index < -0.39 is 30.9 Å². The Labute approximate surface area is 174 Å². The van der Waals surface area contributed by atoms with Crippen molar-refractivity contribution in [2.24, 2.45) is 0 Å². The van der Waals surface area contributed by atoms with Gasteiger partial charge < -0.3 is 24.3 Å². The van der Waals surface area contributed by atoms with Crippen molar-refractivity contribution in [3.05, 3.63) is 41.6 Å². The predicted molar refractivity (Wildman–Crippen MR) is 109 cm³/mol. The molecule has 3 rings (SSSR count). The minimum atomic E-state index is -1.22. The summed E-state index contributed by atoms with van der Waals surface area (Å²) in [5, 5.41) is 21.8. The Hall–Kier alpha value is -3.11. The van der Waals surface area contributed by atoms with Crippen molar-refractivity contribution in [3.63, 3.8) is 0 Å². The fourth-order valence-electron chi connectivity index (χ4n) is 3.16. The summed E-state index contributed by atoms with van der Waals surface area (Å²) in [5.41, 5.74) is 1.71. The lowest BCUT2D eigenvalue weighted by molar-refractivity contribution is -0.138. The number of aliphatic carboxylic acids is 1. The monoisotopic (exact) mass is 414 g/mol.